The fourth-order valence-corrected chi connectivity index (χ4v) is 3.54. The molecule has 1 aromatic heterocycles. The predicted octanol–water partition coefficient (Wildman–Crippen LogP) is 4.97. The van der Waals surface area contributed by atoms with Crippen LogP contribution in [0.25, 0.3) is 0 Å². The Kier molecular flexibility index (Phi) is 5.56. The van der Waals surface area contributed by atoms with Crippen LogP contribution in [0.5, 0.6) is 0 Å². The Morgan fingerprint density at radius 1 is 1.08 bits per heavy atom. The van der Waals surface area contributed by atoms with Crippen LogP contribution >= 0.6 is 0 Å². The van der Waals surface area contributed by atoms with E-state index < -0.39 is 0 Å². The molecule has 1 aliphatic heterocycles. The van der Waals surface area contributed by atoms with Crippen molar-refractivity contribution in [1.82, 2.24) is 20.0 Å². The molecular weight excluding hydrogens is 324 g/mol. The van der Waals surface area contributed by atoms with E-state index in [1.165, 1.54) is 0 Å². The number of rotatable bonds is 5. The van der Waals surface area contributed by atoms with E-state index in [2.05, 4.69) is 101 Å². The van der Waals surface area contributed by atoms with Gasteiger partial charge >= 0.3 is 0 Å². The molecule has 0 N–H and O–H groups in total. The summed E-state index contributed by atoms with van der Waals surface area (Å²) in [6, 6.07) is 0.595. The van der Waals surface area contributed by atoms with Crippen LogP contribution in [-0.4, -0.2) is 37.6 Å². The Morgan fingerprint density at radius 3 is 2.15 bits per heavy atom. The van der Waals surface area contributed by atoms with E-state index in [0.29, 0.717) is 12.0 Å². The SMILES string of the molecule is CC(CCC(C)(C)n1cc(C(C)(C)C)nn1)C1N=NN(C(C)(C)C)C1C. The van der Waals surface area contributed by atoms with E-state index in [4.69, 9.17) is 0 Å². The zero-order valence-electron chi connectivity index (χ0n) is 18.4. The van der Waals surface area contributed by atoms with Gasteiger partial charge < -0.3 is 0 Å². The molecule has 2 rings (SSSR count). The third kappa shape index (κ3) is 4.44. The highest BCUT2D eigenvalue weighted by Crippen LogP contribution is 2.33. The van der Waals surface area contributed by atoms with E-state index in [0.717, 1.165) is 18.5 Å². The number of hydrogen-bond acceptors (Lipinski definition) is 5. The quantitative estimate of drug-likeness (QED) is 0.743. The van der Waals surface area contributed by atoms with Crippen LogP contribution in [0.2, 0.25) is 0 Å². The summed E-state index contributed by atoms with van der Waals surface area (Å²) < 4.78 is 2.03. The van der Waals surface area contributed by atoms with E-state index in [-0.39, 0.29) is 22.5 Å². The fourth-order valence-electron chi connectivity index (χ4n) is 3.54. The lowest BCUT2D eigenvalue weighted by atomic mass is 9.86. The largest absolute Gasteiger partial charge is 0.269 e. The minimum atomic E-state index is -0.0620. The van der Waals surface area contributed by atoms with Crippen molar-refractivity contribution in [2.24, 2.45) is 16.3 Å². The highest BCUT2D eigenvalue weighted by atomic mass is 15.6. The van der Waals surface area contributed by atoms with Gasteiger partial charge in [0.25, 0.3) is 0 Å². The Balaban J connectivity index is 1.99. The van der Waals surface area contributed by atoms with Crippen LogP contribution in [0.1, 0.15) is 87.8 Å². The minimum absolute atomic E-state index is 0.0146. The molecule has 0 saturated carbocycles. The van der Waals surface area contributed by atoms with Gasteiger partial charge in [-0.25, -0.2) is 4.68 Å². The van der Waals surface area contributed by atoms with Crippen LogP contribution < -0.4 is 0 Å². The maximum Gasteiger partial charge on any atom is 0.0972 e. The number of nitrogens with zero attached hydrogens (tertiary/aromatic N) is 6. The monoisotopic (exact) mass is 362 g/mol. The van der Waals surface area contributed by atoms with Gasteiger partial charge in [0, 0.05) is 11.6 Å². The molecule has 1 aromatic rings. The highest BCUT2D eigenvalue weighted by Gasteiger charge is 2.38. The van der Waals surface area contributed by atoms with Gasteiger partial charge in [0.2, 0.25) is 0 Å². The maximum atomic E-state index is 4.59. The first-order valence-corrected chi connectivity index (χ1v) is 9.87. The molecule has 3 atom stereocenters. The maximum absolute atomic E-state index is 4.59. The average Bonchev–Trinajstić information content (AvgIpc) is 3.10. The zero-order chi connectivity index (χ0) is 19.9. The third-order valence-corrected chi connectivity index (χ3v) is 5.53. The molecule has 26 heavy (non-hydrogen) atoms. The van der Waals surface area contributed by atoms with Crippen molar-refractivity contribution < 1.29 is 0 Å². The first-order valence-electron chi connectivity index (χ1n) is 9.87. The lowest BCUT2D eigenvalue weighted by Crippen LogP contribution is -2.45. The van der Waals surface area contributed by atoms with Gasteiger partial charge in [-0.2, -0.15) is 5.11 Å². The summed E-state index contributed by atoms with van der Waals surface area (Å²) in [5.41, 5.74) is 1.02. The van der Waals surface area contributed by atoms with Gasteiger partial charge in [-0.15, -0.1) is 5.10 Å². The Morgan fingerprint density at radius 2 is 1.69 bits per heavy atom. The van der Waals surface area contributed by atoms with Gasteiger partial charge in [0.15, 0.2) is 0 Å². The van der Waals surface area contributed by atoms with Crippen LogP contribution in [0.4, 0.5) is 0 Å². The molecule has 0 fully saturated rings. The molecular formula is C20H38N6. The molecule has 0 aromatic carbocycles. The van der Waals surface area contributed by atoms with Crippen LogP contribution in [-0.2, 0) is 11.0 Å². The smallest absolute Gasteiger partial charge is 0.0972 e. The summed E-state index contributed by atoms with van der Waals surface area (Å²) >= 11 is 0. The Labute approximate surface area is 159 Å². The van der Waals surface area contributed by atoms with Gasteiger partial charge in [0.05, 0.1) is 28.9 Å². The second-order valence-electron chi connectivity index (χ2n) is 10.6. The molecule has 1 aliphatic rings. The van der Waals surface area contributed by atoms with Crippen molar-refractivity contribution >= 4 is 0 Å². The average molecular weight is 363 g/mol. The van der Waals surface area contributed by atoms with Crippen LogP contribution in [0, 0.1) is 5.92 Å². The topological polar surface area (TPSA) is 58.7 Å². The third-order valence-electron chi connectivity index (χ3n) is 5.53. The van der Waals surface area contributed by atoms with Crippen molar-refractivity contribution in [3.8, 4) is 0 Å². The zero-order valence-corrected chi connectivity index (χ0v) is 18.4. The number of aromatic nitrogens is 3. The number of hydrogen-bond donors (Lipinski definition) is 0. The molecule has 6 nitrogen and oxygen atoms in total. The molecule has 0 aliphatic carbocycles. The van der Waals surface area contributed by atoms with Crippen LogP contribution in [0.15, 0.2) is 16.5 Å². The van der Waals surface area contributed by atoms with E-state index in [1.807, 2.05) is 4.68 Å². The van der Waals surface area contributed by atoms with Gasteiger partial charge in [-0.3, -0.25) is 5.01 Å². The van der Waals surface area contributed by atoms with Crippen molar-refractivity contribution in [2.45, 2.75) is 111 Å². The first kappa shape index (κ1) is 20.8. The van der Waals surface area contributed by atoms with E-state index in [9.17, 15) is 0 Å². The molecule has 0 radical (unpaired) electrons. The van der Waals surface area contributed by atoms with Gasteiger partial charge in [0.1, 0.15) is 0 Å². The summed E-state index contributed by atoms with van der Waals surface area (Å²) in [6.07, 6.45) is 4.23. The molecule has 6 heteroatoms. The molecule has 0 amide bonds. The fraction of sp³-hybridized carbons (Fsp3) is 0.900. The summed E-state index contributed by atoms with van der Waals surface area (Å²) in [6.45, 7) is 22.1. The normalized spacial score (nSPS) is 22.9. The predicted molar refractivity (Wildman–Crippen MR) is 106 cm³/mol. The van der Waals surface area contributed by atoms with Gasteiger partial charge in [-0.05, 0) is 60.3 Å². The lowest BCUT2D eigenvalue weighted by molar-refractivity contribution is 0.0981. The van der Waals surface area contributed by atoms with Crippen molar-refractivity contribution in [1.29, 1.82) is 0 Å². The summed E-state index contributed by atoms with van der Waals surface area (Å²) in [5.74, 6) is 0.478. The first-order chi connectivity index (χ1) is 11.7. The Hall–Kier alpha value is -1.46. The van der Waals surface area contributed by atoms with Gasteiger partial charge in [-0.1, -0.05) is 38.1 Å². The van der Waals surface area contributed by atoms with Crippen molar-refractivity contribution in [2.75, 3.05) is 0 Å². The molecule has 3 unspecified atom stereocenters. The summed E-state index contributed by atoms with van der Waals surface area (Å²) in [4.78, 5) is 0. The minimum Gasteiger partial charge on any atom is -0.269 e. The molecule has 0 spiro atoms. The lowest BCUT2D eigenvalue weighted by Gasteiger charge is -2.35. The second kappa shape index (κ2) is 6.93. The van der Waals surface area contributed by atoms with Crippen molar-refractivity contribution in [3.63, 3.8) is 0 Å². The van der Waals surface area contributed by atoms with E-state index in [1.54, 1.807) is 0 Å². The summed E-state index contributed by atoms with van der Waals surface area (Å²) in [5, 5.41) is 20.0. The molecule has 2 heterocycles. The molecule has 148 valence electrons. The summed E-state index contributed by atoms with van der Waals surface area (Å²) in [7, 11) is 0. The standard InChI is InChI=1S/C20H38N6/c1-14(17-15(2)26(24-22-17)19(6,7)8)11-12-20(9,10)25-13-16(21-23-25)18(3,4)5/h13-15,17H,11-12H2,1-10H3. The van der Waals surface area contributed by atoms with Crippen molar-refractivity contribution in [3.05, 3.63) is 11.9 Å². The van der Waals surface area contributed by atoms with E-state index >= 15 is 0 Å². The second-order valence-corrected chi connectivity index (χ2v) is 10.6. The molecule has 0 bridgehead atoms. The molecule has 0 saturated heterocycles. The van der Waals surface area contributed by atoms with Crippen LogP contribution in [0.3, 0.4) is 0 Å². The Bertz CT molecular complexity index is 631. The highest BCUT2D eigenvalue weighted by molar-refractivity contribution is 5.07.